The van der Waals surface area contributed by atoms with E-state index in [0.29, 0.717) is 23.4 Å². The summed E-state index contributed by atoms with van der Waals surface area (Å²) < 4.78 is 5.35. The van der Waals surface area contributed by atoms with E-state index in [1.54, 1.807) is 24.3 Å². The Labute approximate surface area is 242 Å². The maximum absolute atomic E-state index is 13.9. The van der Waals surface area contributed by atoms with Crippen molar-refractivity contribution in [1.82, 2.24) is 16.1 Å². The topological polar surface area (TPSA) is 168 Å². The van der Waals surface area contributed by atoms with Crippen molar-refractivity contribution in [2.45, 2.75) is 32.2 Å². The first-order chi connectivity index (χ1) is 20.4. The molecule has 2 atom stereocenters. The standard InChI is InChI=1S/C30H31N7O5/c1-2-22(17-32-36-29(31)40)33-25(38)18-37-24-16-10-9-15-23(24)26(21-13-7-4-8-14-21)34-27(28(37)39)35-30(41)42-19-20-11-5-3-6-12-20/h3-17,22,27H,2,18-19H2,1H3,(H,33,38)(H,35,41)(H3,31,36,40)/b32-17+. The van der Waals surface area contributed by atoms with Crippen LogP contribution in [0.2, 0.25) is 0 Å². The molecule has 12 nitrogen and oxygen atoms in total. The number of carbonyl (C=O) groups is 4. The molecule has 5 N–H and O–H groups in total. The number of urea groups is 1. The Hall–Kier alpha value is -5.52. The number of carbonyl (C=O) groups excluding carboxylic acids is 4. The van der Waals surface area contributed by atoms with Crippen LogP contribution in [0.25, 0.3) is 0 Å². The predicted molar refractivity (Wildman–Crippen MR) is 158 cm³/mol. The first-order valence-corrected chi connectivity index (χ1v) is 13.2. The van der Waals surface area contributed by atoms with Crippen molar-refractivity contribution in [1.29, 1.82) is 0 Å². The molecule has 216 valence electrons. The SMILES string of the molecule is CCC(/C=N/NC(N)=O)NC(=O)CN1C(=O)C(NC(=O)OCc2ccccc2)N=C(c2ccccc2)c2ccccc21. The number of aliphatic imine (C=N–C) groups is 1. The number of fused-ring (bicyclic) bond motifs is 1. The van der Waals surface area contributed by atoms with Crippen LogP contribution in [0.4, 0.5) is 15.3 Å². The van der Waals surface area contributed by atoms with Crippen LogP contribution in [0.1, 0.15) is 30.0 Å². The van der Waals surface area contributed by atoms with Gasteiger partial charge in [0.1, 0.15) is 13.2 Å². The maximum atomic E-state index is 13.9. The summed E-state index contributed by atoms with van der Waals surface area (Å²) in [7, 11) is 0. The molecule has 2 unspecified atom stereocenters. The van der Waals surface area contributed by atoms with Gasteiger partial charge < -0.3 is 15.8 Å². The van der Waals surface area contributed by atoms with Gasteiger partial charge in [0.15, 0.2) is 0 Å². The van der Waals surface area contributed by atoms with Crippen LogP contribution in [0.15, 0.2) is 95.0 Å². The van der Waals surface area contributed by atoms with Crippen molar-refractivity contribution >= 4 is 41.6 Å². The lowest BCUT2D eigenvalue weighted by Gasteiger charge is -2.25. The average molecular weight is 570 g/mol. The zero-order valence-corrected chi connectivity index (χ0v) is 22.9. The van der Waals surface area contributed by atoms with Crippen LogP contribution < -0.4 is 26.7 Å². The minimum Gasteiger partial charge on any atom is -0.445 e. The summed E-state index contributed by atoms with van der Waals surface area (Å²) in [5.41, 5.74) is 10.1. The number of nitrogens with two attached hydrogens (primary N) is 1. The zero-order chi connectivity index (χ0) is 29.9. The molecule has 5 amide bonds. The summed E-state index contributed by atoms with van der Waals surface area (Å²) in [4.78, 5) is 56.7. The Balaban J connectivity index is 1.62. The second-order valence-electron chi connectivity index (χ2n) is 9.23. The molecular weight excluding hydrogens is 538 g/mol. The number of ether oxygens (including phenoxy) is 1. The molecule has 4 rings (SSSR count). The fourth-order valence-corrected chi connectivity index (χ4v) is 4.22. The quantitative estimate of drug-likeness (QED) is 0.217. The van der Waals surface area contributed by atoms with Crippen LogP contribution in [-0.4, -0.2) is 54.6 Å². The number of para-hydroxylation sites is 1. The Morgan fingerprint density at radius 3 is 2.38 bits per heavy atom. The number of nitrogens with zero attached hydrogens (tertiary/aromatic N) is 3. The summed E-state index contributed by atoms with van der Waals surface area (Å²) in [6, 6.07) is 24.0. The molecule has 0 saturated heterocycles. The van der Waals surface area contributed by atoms with E-state index < -0.39 is 36.1 Å². The van der Waals surface area contributed by atoms with Crippen LogP contribution >= 0.6 is 0 Å². The smallest absolute Gasteiger partial charge is 0.409 e. The van der Waals surface area contributed by atoms with Crippen LogP contribution in [0, 0.1) is 0 Å². The minimum absolute atomic E-state index is 0.000242. The van der Waals surface area contributed by atoms with Crippen molar-refractivity contribution in [2.75, 3.05) is 11.4 Å². The third-order valence-electron chi connectivity index (χ3n) is 6.24. The molecule has 3 aromatic carbocycles. The minimum atomic E-state index is -1.38. The molecule has 42 heavy (non-hydrogen) atoms. The van der Waals surface area contributed by atoms with Gasteiger partial charge in [0.05, 0.1) is 17.4 Å². The van der Waals surface area contributed by atoms with Gasteiger partial charge in [-0.05, 0) is 18.1 Å². The number of hydrogen-bond donors (Lipinski definition) is 4. The highest BCUT2D eigenvalue weighted by Gasteiger charge is 2.34. The van der Waals surface area contributed by atoms with Gasteiger partial charge in [-0.25, -0.2) is 20.0 Å². The lowest BCUT2D eigenvalue weighted by Crippen LogP contribution is -2.51. The van der Waals surface area contributed by atoms with Crippen molar-refractivity contribution in [2.24, 2.45) is 15.8 Å². The van der Waals surface area contributed by atoms with E-state index in [-0.39, 0.29) is 13.2 Å². The molecule has 0 spiro atoms. The number of amides is 5. The number of alkyl carbamates (subject to hydrolysis) is 1. The molecule has 0 saturated carbocycles. The molecule has 0 bridgehead atoms. The van der Waals surface area contributed by atoms with Crippen molar-refractivity contribution < 1.29 is 23.9 Å². The largest absolute Gasteiger partial charge is 0.445 e. The predicted octanol–water partition coefficient (Wildman–Crippen LogP) is 2.67. The van der Waals surface area contributed by atoms with E-state index in [9.17, 15) is 19.2 Å². The van der Waals surface area contributed by atoms with E-state index in [0.717, 1.165) is 11.1 Å². The number of primary amides is 1. The normalized spacial score (nSPS) is 15.2. The molecule has 0 fully saturated rings. The Bertz CT molecular complexity index is 1480. The molecule has 12 heteroatoms. The summed E-state index contributed by atoms with van der Waals surface area (Å²) in [6.07, 6.45) is -0.427. The van der Waals surface area contributed by atoms with E-state index >= 15 is 0 Å². The monoisotopic (exact) mass is 569 g/mol. The molecule has 3 aromatic rings. The highest BCUT2D eigenvalue weighted by atomic mass is 16.5. The summed E-state index contributed by atoms with van der Waals surface area (Å²) in [5.74, 6) is -1.12. The molecule has 1 aliphatic rings. The Morgan fingerprint density at radius 2 is 1.69 bits per heavy atom. The maximum Gasteiger partial charge on any atom is 0.409 e. The van der Waals surface area contributed by atoms with Crippen molar-refractivity contribution in [3.05, 3.63) is 102 Å². The Morgan fingerprint density at radius 1 is 1.02 bits per heavy atom. The number of benzodiazepines with no additional fused rings is 1. The second-order valence-corrected chi connectivity index (χ2v) is 9.23. The first-order valence-electron chi connectivity index (χ1n) is 13.2. The van der Waals surface area contributed by atoms with Gasteiger partial charge in [0, 0.05) is 17.3 Å². The highest BCUT2D eigenvalue weighted by Crippen LogP contribution is 2.28. The van der Waals surface area contributed by atoms with Gasteiger partial charge in [0.2, 0.25) is 12.1 Å². The van der Waals surface area contributed by atoms with E-state index in [2.05, 4.69) is 26.2 Å². The molecular formula is C30H31N7O5. The summed E-state index contributed by atoms with van der Waals surface area (Å²) in [5, 5.41) is 9.05. The second kappa shape index (κ2) is 14.2. The van der Waals surface area contributed by atoms with E-state index in [4.69, 9.17) is 10.5 Å². The Kier molecular flexibility index (Phi) is 9.97. The molecule has 1 aliphatic heterocycles. The first kappa shape index (κ1) is 29.5. The molecule has 0 radical (unpaired) electrons. The number of hydrazone groups is 1. The van der Waals surface area contributed by atoms with Crippen molar-refractivity contribution in [3.8, 4) is 0 Å². The van der Waals surface area contributed by atoms with E-state index in [1.807, 2.05) is 67.6 Å². The number of rotatable bonds is 10. The third kappa shape index (κ3) is 7.78. The number of benzene rings is 3. The number of nitrogens with one attached hydrogen (secondary N) is 3. The number of anilines is 1. The summed E-state index contributed by atoms with van der Waals surface area (Å²) in [6.45, 7) is 1.44. The highest BCUT2D eigenvalue weighted by molar-refractivity contribution is 6.20. The van der Waals surface area contributed by atoms with Gasteiger partial charge in [0.25, 0.3) is 5.91 Å². The van der Waals surface area contributed by atoms with Crippen LogP contribution in [0.3, 0.4) is 0 Å². The molecule has 0 aromatic heterocycles. The summed E-state index contributed by atoms with van der Waals surface area (Å²) >= 11 is 0. The van der Waals surface area contributed by atoms with Gasteiger partial charge in [-0.3, -0.25) is 19.8 Å². The van der Waals surface area contributed by atoms with Gasteiger partial charge in [-0.15, -0.1) is 0 Å². The van der Waals surface area contributed by atoms with E-state index in [1.165, 1.54) is 11.1 Å². The fraction of sp³-hybridized carbons (Fsp3) is 0.200. The van der Waals surface area contributed by atoms with Gasteiger partial charge in [-0.2, -0.15) is 5.10 Å². The lowest BCUT2D eigenvalue weighted by molar-refractivity contribution is -0.124. The molecule has 0 aliphatic carbocycles. The van der Waals surface area contributed by atoms with Crippen LogP contribution in [0.5, 0.6) is 0 Å². The fourth-order valence-electron chi connectivity index (χ4n) is 4.22. The molecule has 1 heterocycles. The average Bonchev–Trinajstić information content (AvgIpc) is 3.11. The van der Waals surface area contributed by atoms with Crippen LogP contribution in [-0.2, 0) is 20.9 Å². The van der Waals surface area contributed by atoms with Gasteiger partial charge >= 0.3 is 12.1 Å². The van der Waals surface area contributed by atoms with Gasteiger partial charge in [-0.1, -0.05) is 85.8 Å². The zero-order valence-electron chi connectivity index (χ0n) is 22.9. The third-order valence-corrected chi connectivity index (χ3v) is 6.24. The number of hydrogen-bond acceptors (Lipinski definition) is 7. The van der Waals surface area contributed by atoms with Crippen molar-refractivity contribution in [3.63, 3.8) is 0 Å². The lowest BCUT2D eigenvalue weighted by atomic mass is 10.0.